The van der Waals surface area contributed by atoms with Crippen molar-refractivity contribution in [2.24, 2.45) is 0 Å². The summed E-state index contributed by atoms with van der Waals surface area (Å²) in [6.07, 6.45) is 6.11. The average Bonchev–Trinajstić information content (AvgIpc) is 2.46. The molecular formula is C13H26N6. The predicted molar refractivity (Wildman–Crippen MR) is 78.6 cm³/mol. The Hall–Kier alpha value is -1.98. The quantitative estimate of drug-likeness (QED) is 0.729. The van der Waals surface area contributed by atoms with Crippen LogP contribution < -0.4 is 0 Å². The maximum Gasteiger partial charge on any atom is 0.147 e. The molecule has 6 heteroatoms. The molecule has 0 spiro atoms. The molecule has 2 aromatic heterocycles. The fourth-order valence-electron chi connectivity index (χ4n) is 0.611. The zero-order valence-electron chi connectivity index (χ0n) is 12.0. The summed E-state index contributed by atoms with van der Waals surface area (Å²) in [4.78, 5) is 14.9. The van der Waals surface area contributed by atoms with E-state index in [-0.39, 0.29) is 7.43 Å². The van der Waals surface area contributed by atoms with Crippen molar-refractivity contribution in [3.05, 3.63) is 36.7 Å². The summed E-state index contributed by atoms with van der Waals surface area (Å²) < 4.78 is 0. The molecule has 2 heterocycles. The van der Waals surface area contributed by atoms with Gasteiger partial charge in [-0.25, -0.2) is 19.9 Å². The molecule has 2 aromatic rings. The highest BCUT2D eigenvalue weighted by molar-refractivity contribution is 4.74. The molecule has 0 amide bonds. The molecule has 0 aliphatic carbocycles. The minimum absolute atomic E-state index is 0. The van der Waals surface area contributed by atoms with Crippen molar-refractivity contribution < 1.29 is 0 Å². The van der Waals surface area contributed by atoms with Crippen molar-refractivity contribution >= 4 is 0 Å². The van der Waals surface area contributed by atoms with Crippen LogP contribution in [-0.2, 0) is 0 Å². The van der Waals surface area contributed by atoms with Gasteiger partial charge in [-0.2, -0.15) is 5.10 Å². The van der Waals surface area contributed by atoms with E-state index in [9.17, 15) is 0 Å². The van der Waals surface area contributed by atoms with Crippen LogP contribution in [0.25, 0.3) is 0 Å². The third-order valence-electron chi connectivity index (χ3n) is 1.22. The van der Waals surface area contributed by atoms with Gasteiger partial charge in [0.15, 0.2) is 0 Å². The van der Waals surface area contributed by atoms with Gasteiger partial charge in [-0.05, 0) is 13.8 Å². The third kappa shape index (κ3) is 16.0. The average molecular weight is 266 g/mol. The molecule has 6 nitrogen and oxygen atoms in total. The van der Waals surface area contributed by atoms with Crippen LogP contribution in [0.2, 0.25) is 0 Å². The molecule has 0 aliphatic rings. The maximum atomic E-state index is 3.81. The van der Waals surface area contributed by atoms with Crippen molar-refractivity contribution in [2.75, 3.05) is 0 Å². The van der Waals surface area contributed by atoms with E-state index < -0.39 is 0 Å². The fourth-order valence-corrected chi connectivity index (χ4v) is 0.611. The largest absolute Gasteiger partial charge is 0.238 e. The van der Waals surface area contributed by atoms with Crippen LogP contribution in [0.5, 0.6) is 0 Å². The Kier molecular flexibility index (Phi) is 21.5. The van der Waals surface area contributed by atoms with Gasteiger partial charge >= 0.3 is 0 Å². The second kappa shape index (κ2) is 18.4. The Morgan fingerprint density at radius 3 is 1.47 bits per heavy atom. The highest BCUT2D eigenvalue weighted by Gasteiger charge is 1.76. The van der Waals surface area contributed by atoms with Crippen LogP contribution >= 0.6 is 0 Å². The number of hydrogen-bond acceptors (Lipinski definition) is 6. The molecular weight excluding hydrogens is 240 g/mol. The molecule has 0 bridgehead atoms. The molecule has 0 unspecified atom stereocenters. The minimum atomic E-state index is 0. The predicted octanol–water partition coefficient (Wildman–Crippen LogP) is 3.05. The summed E-state index contributed by atoms with van der Waals surface area (Å²) in [6, 6.07) is 0. The molecule has 108 valence electrons. The smallest absolute Gasteiger partial charge is 0.147 e. The van der Waals surface area contributed by atoms with E-state index in [1.807, 2.05) is 34.6 Å². The number of rotatable bonds is 0. The molecule has 19 heavy (non-hydrogen) atoms. The molecule has 0 fully saturated rings. The zero-order chi connectivity index (χ0) is 14.2. The van der Waals surface area contributed by atoms with Crippen molar-refractivity contribution in [2.45, 2.75) is 49.0 Å². The fraction of sp³-hybridized carbons (Fsp3) is 0.538. The standard InChI is InChI=1S/2C4H5N3.2C2H6.CH4/c1-4-6-2-5-3-7-4;1-4-5-2-3-6-7-4;2*1-2;/h2*2-3H,1H3;2*1-2H3;1H4. The van der Waals surface area contributed by atoms with Crippen LogP contribution in [0.4, 0.5) is 0 Å². The van der Waals surface area contributed by atoms with Gasteiger partial charge in [0.05, 0.1) is 6.20 Å². The van der Waals surface area contributed by atoms with Crippen molar-refractivity contribution in [3.63, 3.8) is 0 Å². The molecule has 0 aromatic carbocycles. The Labute approximate surface area is 116 Å². The number of aromatic nitrogens is 6. The van der Waals surface area contributed by atoms with Gasteiger partial charge in [0.25, 0.3) is 0 Å². The van der Waals surface area contributed by atoms with Gasteiger partial charge in [-0.3, -0.25) is 0 Å². The van der Waals surface area contributed by atoms with Gasteiger partial charge in [0.2, 0.25) is 0 Å². The first-order chi connectivity index (χ1) is 8.79. The van der Waals surface area contributed by atoms with E-state index in [0.717, 1.165) is 5.82 Å². The molecule has 0 radical (unpaired) electrons. The minimum Gasteiger partial charge on any atom is -0.238 e. The van der Waals surface area contributed by atoms with Gasteiger partial charge < -0.3 is 0 Å². The molecule has 0 atom stereocenters. The summed E-state index contributed by atoms with van der Waals surface area (Å²) in [5.41, 5.74) is 0. The molecule has 0 N–H and O–H groups in total. The first-order valence-corrected chi connectivity index (χ1v) is 5.98. The molecule has 0 saturated heterocycles. The Bertz CT molecular complexity index is 315. The highest BCUT2D eigenvalue weighted by Crippen LogP contribution is 1.75. The molecule has 2 rings (SSSR count). The third-order valence-corrected chi connectivity index (χ3v) is 1.22. The first kappa shape index (κ1) is 22.2. The lowest BCUT2D eigenvalue weighted by atomic mass is 10.7. The van der Waals surface area contributed by atoms with Crippen LogP contribution in [0.3, 0.4) is 0 Å². The van der Waals surface area contributed by atoms with E-state index in [4.69, 9.17) is 0 Å². The summed E-state index contributed by atoms with van der Waals surface area (Å²) >= 11 is 0. The van der Waals surface area contributed by atoms with Gasteiger partial charge in [0.1, 0.15) is 24.3 Å². The first-order valence-electron chi connectivity index (χ1n) is 5.98. The van der Waals surface area contributed by atoms with Crippen molar-refractivity contribution in [3.8, 4) is 0 Å². The summed E-state index contributed by atoms with van der Waals surface area (Å²) in [6.45, 7) is 11.6. The Morgan fingerprint density at radius 1 is 0.737 bits per heavy atom. The van der Waals surface area contributed by atoms with Crippen molar-refractivity contribution in [1.82, 2.24) is 30.1 Å². The van der Waals surface area contributed by atoms with Gasteiger partial charge in [-0.1, -0.05) is 35.1 Å². The van der Waals surface area contributed by atoms with Crippen molar-refractivity contribution in [1.29, 1.82) is 0 Å². The monoisotopic (exact) mass is 266 g/mol. The van der Waals surface area contributed by atoms with E-state index in [1.165, 1.54) is 12.7 Å². The normalized spacial score (nSPS) is 7.05. The number of hydrogen-bond donors (Lipinski definition) is 0. The van der Waals surface area contributed by atoms with Gasteiger partial charge in [0, 0.05) is 6.20 Å². The van der Waals surface area contributed by atoms with Crippen LogP contribution in [0.1, 0.15) is 46.8 Å². The van der Waals surface area contributed by atoms with Gasteiger partial charge in [-0.15, -0.1) is 5.10 Å². The van der Waals surface area contributed by atoms with Crippen LogP contribution in [0, 0.1) is 13.8 Å². The Morgan fingerprint density at radius 2 is 1.26 bits per heavy atom. The second-order valence-corrected chi connectivity index (χ2v) is 2.38. The lowest BCUT2D eigenvalue weighted by Gasteiger charge is -1.80. The Balaban J connectivity index is -0.000000205. The van der Waals surface area contributed by atoms with Crippen LogP contribution in [-0.4, -0.2) is 30.1 Å². The maximum absolute atomic E-state index is 3.81. The molecule has 0 aliphatic heterocycles. The highest BCUT2D eigenvalue weighted by atomic mass is 15.1. The van der Waals surface area contributed by atoms with E-state index in [1.54, 1.807) is 19.3 Å². The van der Waals surface area contributed by atoms with Crippen LogP contribution in [0.15, 0.2) is 25.0 Å². The lowest BCUT2D eigenvalue weighted by Crippen LogP contribution is -1.85. The number of nitrogens with zero attached hydrogens (tertiary/aromatic N) is 6. The van der Waals surface area contributed by atoms with E-state index in [2.05, 4.69) is 30.1 Å². The van der Waals surface area contributed by atoms with E-state index in [0.29, 0.717) is 5.82 Å². The molecule has 0 saturated carbocycles. The number of aryl methyl sites for hydroxylation is 2. The SMILES string of the molecule is C.CC.CC.Cc1nccnn1.Cc1ncncn1. The lowest BCUT2D eigenvalue weighted by molar-refractivity contribution is 0.907. The topological polar surface area (TPSA) is 77.3 Å². The zero-order valence-corrected chi connectivity index (χ0v) is 12.0. The van der Waals surface area contributed by atoms with E-state index >= 15 is 0 Å². The summed E-state index contributed by atoms with van der Waals surface area (Å²) in [5.74, 6) is 1.47. The summed E-state index contributed by atoms with van der Waals surface area (Å²) in [7, 11) is 0. The summed E-state index contributed by atoms with van der Waals surface area (Å²) in [5, 5.41) is 7.19. The second-order valence-electron chi connectivity index (χ2n) is 2.38.